The van der Waals surface area contributed by atoms with Gasteiger partial charge in [-0.1, -0.05) is 41.4 Å². The maximum atomic E-state index is 12.7. The number of ether oxygens (including phenoxy) is 2. The van der Waals surface area contributed by atoms with E-state index in [-0.39, 0.29) is 5.91 Å². The van der Waals surface area contributed by atoms with Crippen LogP contribution in [0.1, 0.15) is 12.5 Å². The van der Waals surface area contributed by atoms with Crippen molar-refractivity contribution in [1.82, 2.24) is 0 Å². The van der Waals surface area contributed by atoms with Crippen LogP contribution in [0.5, 0.6) is 11.5 Å². The van der Waals surface area contributed by atoms with Crippen LogP contribution in [-0.2, 0) is 4.79 Å². The summed E-state index contributed by atoms with van der Waals surface area (Å²) >= 11 is 12.2. The molecule has 0 aliphatic carbocycles. The van der Waals surface area contributed by atoms with E-state index < -0.39 is 0 Å². The van der Waals surface area contributed by atoms with Gasteiger partial charge >= 0.3 is 0 Å². The van der Waals surface area contributed by atoms with E-state index in [1.807, 2.05) is 43.3 Å². The average Bonchev–Trinajstić information content (AvgIpc) is 3.24. The lowest BCUT2D eigenvalue weighted by Crippen LogP contribution is -2.09. The number of nitrogens with one attached hydrogen (secondary N) is 1. The number of hydrogen-bond acceptors (Lipinski definition) is 4. The number of methoxy groups -OCH3 is 2. The summed E-state index contributed by atoms with van der Waals surface area (Å²) in [7, 11) is 3.21. The molecule has 1 heterocycles. The number of rotatable bonds is 6. The van der Waals surface area contributed by atoms with Crippen LogP contribution in [0.4, 0.5) is 5.69 Å². The average molecular weight is 482 g/mol. The molecule has 1 N–H and O–H groups in total. The van der Waals surface area contributed by atoms with Gasteiger partial charge in [-0.2, -0.15) is 0 Å². The molecule has 5 nitrogen and oxygen atoms in total. The molecule has 4 aromatic rings. The van der Waals surface area contributed by atoms with E-state index in [1.165, 1.54) is 6.08 Å². The van der Waals surface area contributed by atoms with Crippen molar-refractivity contribution >= 4 is 51.3 Å². The molecule has 4 rings (SSSR count). The van der Waals surface area contributed by atoms with Crippen LogP contribution in [0.25, 0.3) is 27.7 Å². The first kappa shape index (κ1) is 22.8. The SMILES string of the molecule is COc1cccc(-c2coc3cc(OC)c(/C(C)=C/C(=O)Nc4cccc(Cl)c4Cl)cc23)c1. The van der Waals surface area contributed by atoms with Gasteiger partial charge in [0.2, 0.25) is 5.91 Å². The van der Waals surface area contributed by atoms with Gasteiger partial charge in [0.1, 0.15) is 17.1 Å². The predicted molar refractivity (Wildman–Crippen MR) is 133 cm³/mol. The molecule has 1 aromatic heterocycles. The number of allylic oxidation sites excluding steroid dienone is 1. The first-order chi connectivity index (χ1) is 15.9. The Balaban J connectivity index is 1.72. The Labute approximate surface area is 201 Å². The fourth-order valence-corrected chi connectivity index (χ4v) is 3.94. The zero-order chi connectivity index (χ0) is 23.5. The van der Waals surface area contributed by atoms with Gasteiger partial charge in [-0.15, -0.1) is 0 Å². The van der Waals surface area contributed by atoms with Crippen LogP contribution in [0.15, 0.2) is 71.4 Å². The van der Waals surface area contributed by atoms with Crippen LogP contribution in [0, 0.1) is 0 Å². The van der Waals surface area contributed by atoms with Gasteiger partial charge in [-0.3, -0.25) is 4.79 Å². The van der Waals surface area contributed by atoms with Crippen molar-refractivity contribution in [2.75, 3.05) is 19.5 Å². The highest BCUT2D eigenvalue weighted by Crippen LogP contribution is 2.38. The fourth-order valence-electron chi connectivity index (χ4n) is 3.59. The Bertz CT molecular complexity index is 1370. The highest BCUT2D eigenvalue weighted by Gasteiger charge is 2.16. The summed E-state index contributed by atoms with van der Waals surface area (Å²) in [6.45, 7) is 1.84. The highest BCUT2D eigenvalue weighted by atomic mass is 35.5. The third-order valence-electron chi connectivity index (χ3n) is 5.26. The predicted octanol–water partition coefficient (Wildman–Crippen LogP) is 7.47. The molecule has 0 spiro atoms. The minimum Gasteiger partial charge on any atom is -0.497 e. The van der Waals surface area contributed by atoms with E-state index in [9.17, 15) is 4.79 Å². The lowest BCUT2D eigenvalue weighted by Gasteiger charge is -2.11. The summed E-state index contributed by atoms with van der Waals surface area (Å²) in [4.78, 5) is 12.7. The Kier molecular flexibility index (Phi) is 6.63. The van der Waals surface area contributed by atoms with Crippen molar-refractivity contribution in [2.45, 2.75) is 6.92 Å². The third kappa shape index (κ3) is 4.70. The molecule has 0 radical (unpaired) electrons. The van der Waals surface area contributed by atoms with Crippen LogP contribution < -0.4 is 14.8 Å². The second-order valence-corrected chi connectivity index (χ2v) is 8.13. The molecular weight excluding hydrogens is 461 g/mol. The Morgan fingerprint density at radius 1 is 1.03 bits per heavy atom. The van der Waals surface area contributed by atoms with E-state index in [0.717, 1.165) is 27.8 Å². The molecule has 0 saturated carbocycles. The first-order valence-corrected chi connectivity index (χ1v) is 10.8. The first-order valence-electron chi connectivity index (χ1n) is 10.1. The number of fused-ring (bicyclic) bond motifs is 1. The van der Waals surface area contributed by atoms with E-state index in [0.29, 0.717) is 32.6 Å². The van der Waals surface area contributed by atoms with Crippen molar-refractivity contribution in [3.8, 4) is 22.6 Å². The monoisotopic (exact) mass is 481 g/mol. The molecule has 0 saturated heterocycles. The second kappa shape index (κ2) is 9.61. The zero-order valence-electron chi connectivity index (χ0n) is 18.2. The van der Waals surface area contributed by atoms with Gasteiger partial charge < -0.3 is 19.2 Å². The molecule has 0 atom stereocenters. The summed E-state index contributed by atoms with van der Waals surface area (Å²) < 4.78 is 16.7. The Hall–Kier alpha value is -3.41. The number of carbonyl (C=O) groups excluding carboxylic acids is 1. The number of benzene rings is 3. The quantitative estimate of drug-likeness (QED) is 0.290. The van der Waals surface area contributed by atoms with E-state index in [1.54, 1.807) is 38.7 Å². The number of hydrogen-bond donors (Lipinski definition) is 1. The largest absolute Gasteiger partial charge is 0.497 e. The summed E-state index contributed by atoms with van der Waals surface area (Å²) in [6, 6.07) is 16.6. The van der Waals surface area contributed by atoms with Crippen molar-refractivity contribution in [1.29, 1.82) is 0 Å². The molecular formula is C26H21Cl2NO4. The molecule has 3 aromatic carbocycles. The van der Waals surface area contributed by atoms with Gasteiger partial charge in [0.15, 0.2) is 0 Å². The summed E-state index contributed by atoms with van der Waals surface area (Å²) in [5, 5.41) is 4.32. The number of amides is 1. The highest BCUT2D eigenvalue weighted by molar-refractivity contribution is 6.44. The van der Waals surface area contributed by atoms with Crippen LogP contribution in [0.2, 0.25) is 10.0 Å². The maximum absolute atomic E-state index is 12.7. The molecule has 0 aliphatic rings. The zero-order valence-corrected chi connectivity index (χ0v) is 19.8. The lowest BCUT2D eigenvalue weighted by molar-refractivity contribution is -0.111. The number of halogens is 2. The molecule has 0 unspecified atom stereocenters. The Morgan fingerprint density at radius 2 is 1.82 bits per heavy atom. The molecule has 168 valence electrons. The normalized spacial score (nSPS) is 11.5. The van der Waals surface area contributed by atoms with Gasteiger partial charge in [0.25, 0.3) is 0 Å². The van der Waals surface area contributed by atoms with Crippen molar-refractivity contribution in [3.05, 3.63) is 82.5 Å². The van der Waals surface area contributed by atoms with E-state index >= 15 is 0 Å². The molecule has 0 bridgehead atoms. The van der Waals surface area contributed by atoms with Gasteiger partial charge in [-0.05, 0) is 48.4 Å². The topological polar surface area (TPSA) is 60.7 Å². The maximum Gasteiger partial charge on any atom is 0.248 e. The molecule has 0 aliphatic heterocycles. The van der Waals surface area contributed by atoms with Gasteiger partial charge in [-0.25, -0.2) is 0 Å². The Morgan fingerprint density at radius 3 is 2.58 bits per heavy atom. The second-order valence-electron chi connectivity index (χ2n) is 7.35. The third-order valence-corrected chi connectivity index (χ3v) is 6.08. The number of furan rings is 1. The molecule has 7 heteroatoms. The lowest BCUT2D eigenvalue weighted by atomic mass is 9.99. The van der Waals surface area contributed by atoms with E-state index in [4.69, 9.17) is 37.1 Å². The van der Waals surface area contributed by atoms with Crippen molar-refractivity contribution in [3.63, 3.8) is 0 Å². The van der Waals surface area contributed by atoms with E-state index in [2.05, 4.69) is 5.32 Å². The van der Waals surface area contributed by atoms with Crippen LogP contribution >= 0.6 is 23.2 Å². The standard InChI is InChI=1S/C26H21Cl2NO4/c1-15(10-25(30)29-22-9-5-8-21(27)26(22)28)18-12-19-20(14-33-24(19)13-23(18)32-3)16-6-4-7-17(11-16)31-2/h4-14H,1-3H3,(H,29,30)/b15-10+. The molecule has 0 fully saturated rings. The molecule has 1 amide bonds. The summed E-state index contributed by atoms with van der Waals surface area (Å²) in [5.74, 6) is 1.01. The van der Waals surface area contributed by atoms with Gasteiger partial charge in [0.05, 0.1) is 36.2 Å². The minimum atomic E-state index is -0.334. The van der Waals surface area contributed by atoms with Crippen LogP contribution in [-0.4, -0.2) is 20.1 Å². The van der Waals surface area contributed by atoms with Crippen molar-refractivity contribution in [2.24, 2.45) is 0 Å². The number of anilines is 1. The summed E-state index contributed by atoms with van der Waals surface area (Å²) in [5.41, 5.74) is 4.46. The fraction of sp³-hybridized carbons (Fsp3) is 0.115. The van der Waals surface area contributed by atoms with Crippen LogP contribution in [0.3, 0.4) is 0 Å². The van der Waals surface area contributed by atoms with Gasteiger partial charge in [0, 0.05) is 28.7 Å². The van der Waals surface area contributed by atoms with Crippen molar-refractivity contribution < 1.29 is 18.7 Å². The molecule has 33 heavy (non-hydrogen) atoms. The smallest absolute Gasteiger partial charge is 0.248 e. The minimum absolute atomic E-state index is 0.291. The summed E-state index contributed by atoms with van der Waals surface area (Å²) in [6.07, 6.45) is 3.20. The number of carbonyl (C=O) groups is 1.